The Kier molecular flexibility index (Phi) is 4.71. The van der Waals surface area contributed by atoms with Crippen molar-refractivity contribution in [3.63, 3.8) is 0 Å². The summed E-state index contributed by atoms with van der Waals surface area (Å²) in [5.41, 5.74) is 1.33. The molecule has 0 radical (unpaired) electrons. The molecule has 0 atom stereocenters. The number of carbonyl (C=O) groups excluding carboxylic acids is 1. The van der Waals surface area contributed by atoms with Gasteiger partial charge >= 0.3 is 0 Å². The van der Waals surface area contributed by atoms with Gasteiger partial charge in [0.2, 0.25) is 0 Å². The van der Waals surface area contributed by atoms with E-state index in [1.165, 1.54) is 0 Å². The largest absolute Gasteiger partial charge is 0.359 e. The summed E-state index contributed by atoms with van der Waals surface area (Å²) in [5, 5.41) is 6.60. The highest BCUT2D eigenvalue weighted by atomic mass is 16.5. The highest BCUT2D eigenvalue weighted by Gasteiger charge is 2.16. The third kappa shape index (κ3) is 3.68. The molecule has 2 heterocycles. The highest BCUT2D eigenvalue weighted by molar-refractivity contribution is 5.98. The number of rotatable bonds is 6. The van der Waals surface area contributed by atoms with Crippen molar-refractivity contribution in [2.24, 2.45) is 0 Å². The van der Waals surface area contributed by atoms with Crippen LogP contribution in [0.2, 0.25) is 0 Å². The number of carbonyl (C=O) groups is 1. The minimum absolute atomic E-state index is 0.182. The fourth-order valence-corrected chi connectivity index (χ4v) is 1.94. The lowest BCUT2D eigenvalue weighted by atomic mass is 10.2. The number of pyridine rings is 1. The van der Waals surface area contributed by atoms with Crippen LogP contribution in [0.5, 0.6) is 0 Å². The molecule has 0 aliphatic carbocycles. The number of aromatic nitrogens is 2. The molecule has 1 N–H and O–H groups in total. The van der Waals surface area contributed by atoms with Gasteiger partial charge in [0, 0.05) is 25.9 Å². The zero-order chi connectivity index (χ0) is 15.2. The van der Waals surface area contributed by atoms with Crippen LogP contribution in [0.25, 0.3) is 0 Å². The minimum Gasteiger partial charge on any atom is -0.359 e. The molecule has 0 saturated heterocycles. The number of nitrogens with one attached hydrogen (secondary N) is 1. The molecule has 2 aromatic rings. The van der Waals surface area contributed by atoms with Crippen molar-refractivity contribution in [3.8, 4) is 0 Å². The molecule has 0 aromatic carbocycles. The zero-order valence-electron chi connectivity index (χ0n) is 12.2. The molecule has 1 amide bonds. The fraction of sp³-hybridized carbons (Fsp3) is 0.267. The number of hydrogen-bond acceptors (Lipinski definition) is 5. The summed E-state index contributed by atoms with van der Waals surface area (Å²) < 4.78 is 5.19. The Morgan fingerprint density at radius 2 is 2.38 bits per heavy atom. The van der Waals surface area contributed by atoms with E-state index in [9.17, 15) is 4.79 Å². The van der Waals surface area contributed by atoms with Crippen LogP contribution >= 0.6 is 0 Å². The van der Waals surface area contributed by atoms with Crippen molar-refractivity contribution in [1.29, 1.82) is 0 Å². The molecule has 0 saturated carbocycles. The number of anilines is 1. The van der Waals surface area contributed by atoms with E-state index in [-0.39, 0.29) is 5.91 Å². The maximum atomic E-state index is 12.1. The van der Waals surface area contributed by atoms with E-state index in [4.69, 9.17) is 4.52 Å². The Morgan fingerprint density at radius 3 is 3.05 bits per heavy atom. The van der Waals surface area contributed by atoms with Crippen LogP contribution in [0.15, 0.2) is 41.6 Å². The molecule has 110 valence electrons. The van der Waals surface area contributed by atoms with Gasteiger partial charge in [-0.1, -0.05) is 11.2 Å². The van der Waals surface area contributed by atoms with E-state index in [0.717, 1.165) is 11.5 Å². The monoisotopic (exact) mass is 286 g/mol. The summed E-state index contributed by atoms with van der Waals surface area (Å²) in [6.45, 7) is 6.35. The van der Waals surface area contributed by atoms with Crippen molar-refractivity contribution < 1.29 is 9.32 Å². The van der Waals surface area contributed by atoms with Gasteiger partial charge < -0.3 is 14.7 Å². The molecule has 0 aliphatic heterocycles. The van der Waals surface area contributed by atoms with E-state index < -0.39 is 0 Å². The minimum atomic E-state index is -0.182. The summed E-state index contributed by atoms with van der Waals surface area (Å²) in [5.74, 6) is 1.13. The van der Waals surface area contributed by atoms with Crippen LogP contribution in [0.4, 0.5) is 5.82 Å². The Balaban J connectivity index is 2.18. The van der Waals surface area contributed by atoms with Gasteiger partial charge in [-0.25, -0.2) is 4.98 Å². The third-order valence-corrected chi connectivity index (χ3v) is 2.87. The van der Waals surface area contributed by atoms with E-state index in [2.05, 4.69) is 22.0 Å². The molecule has 0 unspecified atom stereocenters. The standard InChI is InChI=1S/C15H18N4O2/c1-4-7-17-15(20)13-6-5-8-16-14(13)19(3)10-12-9-11(2)18-21-12/h4-6,8-9H,1,7,10H2,2-3H3,(H,17,20). The Labute approximate surface area is 123 Å². The first kappa shape index (κ1) is 14.8. The van der Waals surface area contributed by atoms with Crippen LogP contribution in [0, 0.1) is 6.92 Å². The molecule has 2 rings (SSSR count). The van der Waals surface area contributed by atoms with Crippen LogP contribution in [-0.2, 0) is 6.54 Å². The van der Waals surface area contributed by atoms with E-state index in [1.54, 1.807) is 24.4 Å². The highest BCUT2D eigenvalue weighted by Crippen LogP contribution is 2.18. The Bertz CT molecular complexity index is 636. The quantitative estimate of drug-likeness (QED) is 0.822. The summed E-state index contributed by atoms with van der Waals surface area (Å²) in [6.07, 6.45) is 3.29. The van der Waals surface area contributed by atoms with Gasteiger partial charge in [0.15, 0.2) is 5.76 Å². The molecular weight excluding hydrogens is 268 g/mol. The summed E-state index contributed by atoms with van der Waals surface area (Å²) in [6, 6.07) is 5.33. The normalized spacial score (nSPS) is 10.2. The molecule has 21 heavy (non-hydrogen) atoms. The SMILES string of the molecule is C=CCNC(=O)c1cccnc1N(C)Cc1cc(C)no1. The number of hydrogen-bond donors (Lipinski definition) is 1. The lowest BCUT2D eigenvalue weighted by Crippen LogP contribution is -2.27. The zero-order valence-corrected chi connectivity index (χ0v) is 12.2. The summed E-state index contributed by atoms with van der Waals surface area (Å²) >= 11 is 0. The second kappa shape index (κ2) is 6.69. The first-order chi connectivity index (χ1) is 10.1. The number of aryl methyl sites for hydroxylation is 1. The maximum absolute atomic E-state index is 12.1. The smallest absolute Gasteiger partial charge is 0.255 e. The predicted molar refractivity (Wildman–Crippen MR) is 80.1 cm³/mol. The van der Waals surface area contributed by atoms with E-state index in [0.29, 0.717) is 24.5 Å². The van der Waals surface area contributed by atoms with Crippen molar-refractivity contribution in [1.82, 2.24) is 15.5 Å². The topological polar surface area (TPSA) is 71.3 Å². The van der Waals surface area contributed by atoms with Gasteiger partial charge in [-0.05, 0) is 19.1 Å². The van der Waals surface area contributed by atoms with Gasteiger partial charge in [-0.3, -0.25) is 4.79 Å². The molecule has 0 spiro atoms. The second-order valence-corrected chi connectivity index (χ2v) is 4.66. The maximum Gasteiger partial charge on any atom is 0.255 e. The van der Waals surface area contributed by atoms with E-state index in [1.807, 2.05) is 24.9 Å². The molecular formula is C15H18N4O2. The summed E-state index contributed by atoms with van der Waals surface area (Å²) in [4.78, 5) is 18.3. The Hall–Kier alpha value is -2.63. The lowest BCUT2D eigenvalue weighted by molar-refractivity contribution is 0.0958. The van der Waals surface area contributed by atoms with Gasteiger partial charge in [0.05, 0.1) is 17.8 Å². The average Bonchev–Trinajstić information content (AvgIpc) is 2.89. The van der Waals surface area contributed by atoms with Gasteiger partial charge in [-0.2, -0.15) is 0 Å². The molecule has 0 fully saturated rings. The van der Waals surface area contributed by atoms with Crippen molar-refractivity contribution in [3.05, 3.63) is 54.1 Å². The van der Waals surface area contributed by atoms with Gasteiger partial charge in [-0.15, -0.1) is 6.58 Å². The molecule has 2 aromatic heterocycles. The van der Waals surface area contributed by atoms with Crippen molar-refractivity contribution in [2.45, 2.75) is 13.5 Å². The first-order valence-corrected chi connectivity index (χ1v) is 6.59. The first-order valence-electron chi connectivity index (χ1n) is 6.59. The molecule has 0 aliphatic rings. The van der Waals surface area contributed by atoms with Crippen LogP contribution < -0.4 is 10.2 Å². The Morgan fingerprint density at radius 1 is 1.57 bits per heavy atom. The number of nitrogens with zero attached hydrogens (tertiary/aromatic N) is 3. The second-order valence-electron chi connectivity index (χ2n) is 4.66. The van der Waals surface area contributed by atoms with Gasteiger partial charge in [0.25, 0.3) is 5.91 Å². The fourth-order valence-electron chi connectivity index (χ4n) is 1.94. The lowest BCUT2D eigenvalue weighted by Gasteiger charge is -2.19. The third-order valence-electron chi connectivity index (χ3n) is 2.87. The molecule has 6 heteroatoms. The summed E-state index contributed by atoms with van der Waals surface area (Å²) in [7, 11) is 1.85. The van der Waals surface area contributed by atoms with Crippen LogP contribution in [0.3, 0.4) is 0 Å². The van der Waals surface area contributed by atoms with Gasteiger partial charge in [0.1, 0.15) is 5.82 Å². The van der Waals surface area contributed by atoms with E-state index >= 15 is 0 Å². The van der Waals surface area contributed by atoms with Crippen molar-refractivity contribution in [2.75, 3.05) is 18.5 Å². The number of amides is 1. The average molecular weight is 286 g/mol. The molecule has 0 bridgehead atoms. The van der Waals surface area contributed by atoms with Crippen LogP contribution in [0.1, 0.15) is 21.8 Å². The van der Waals surface area contributed by atoms with Crippen molar-refractivity contribution >= 4 is 11.7 Å². The molecule has 6 nitrogen and oxygen atoms in total. The van der Waals surface area contributed by atoms with Crippen LogP contribution in [-0.4, -0.2) is 29.6 Å². The predicted octanol–water partition coefficient (Wildman–Crippen LogP) is 1.93.